The van der Waals surface area contributed by atoms with E-state index in [1.165, 1.54) is 49.9 Å². The van der Waals surface area contributed by atoms with Crippen molar-refractivity contribution < 1.29 is 62.0 Å². The number of nitrogens with zero attached hydrogens (tertiary/aromatic N) is 4. The molecule has 2 amide bonds. The monoisotopic (exact) mass is 620 g/mol. The molecule has 1 unspecified atom stereocenters. The zero-order chi connectivity index (χ0) is 29.9. The molecule has 0 spiro atoms. The first-order valence-electron chi connectivity index (χ1n) is 14.5. The Bertz CT molecular complexity index is 1370. The third-order valence-corrected chi connectivity index (χ3v) is 9.16. The topological polar surface area (TPSA) is 142 Å². The Hall–Kier alpha value is -2.16. The largest absolute Gasteiger partial charge is 1.00 e. The SMILES string of the molecule is O=C(c1ccc(C(O)S(=O)(=O)[O-])cc1)N1CCN(C2CC2)CC1.O=Cc1ccc(C(=O)N2CCN(C3CC3)CC2)cc1.[Na+]. The van der Waals surface area contributed by atoms with Crippen molar-refractivity contribution in [3.63, 3.8) is 0 Å². The Balaban J connectivity index is 0.000000195. The van der Waals surface area contributed by atoms with Crippen molar-refractivity contribution in [2.75, 3.05) is 52.4 Å². The van der Waals surface area contributed by atoms with Crippen molar-refractivity contribution in [1.82, 2.24) is 19.6 Å². The number of hydrogen-bond donors (Lipinski definition) is 1. The fourth-order valence-electron chi connectivity index (χ4n) is 5.49. The molecule has 4 fully saturated rings. The molecule has 0 aromatic heterocycles. The molecule has 13 heteroatoms. The smallest absolute Gasteiger partial charge is 0.746 e. The third kappa shape index (κ3) is 8.95. The summed E-state index contributed by atoms with van der Waals surface area (Å²) in [6, 6.07) is 13.8. The quantitative estimate of drug-likeness (QED) is 0.224. The van der Waals surface area contributed by atoms with E-state index < -0.39 is 15.6 Å². The summed E-state index contributed by atoms with van der Waals surface area (Å²) in [4.78, 5) is 43.9. The van der Waals surface area contributed by atoms with E-state index in [-0.39, 0.29) is 46.9 Å². The van der Waals surface area contributed by atoms with Crippen LogP contribution in [0.4, 0.5) is 0 Å². The van der Waals surface area contributed by atoms with E-state index in [4.69, 9.17) is 0 Å². The van der Waals surface area contributed by atoms with E-state index in [2.05, 4.69) is 9.80 Å². The maximum absolute atomic E-state index is 12.4. The minimum atomic E-state index is -4.81. The van der Waals surface area contributed by atoms with E-state index in [0.29, 0.717) is 35.8 Å². The van der Waals surface area contributed by atoms with Crippen LogP contribution in [0.1, 0.15) is 67.8 Å². The van der Waals surface area contributed by atoms with Crippen molar-refractivity contribution in [3.8, 4) is 0 Å². The van der Waals surface area contributed by atoms with E-state index in [1.54, 1.807) is 29.2 Å². The fourth-order valence-corrected chi connectivity index (χ4v) is 5.98. The summed E-state index contributed by atoms with van der Waals surface area (Å²) in [5.74, 6) is -0.0423. The molecule has 2 saturated heterocycles. The molecule has 1 N–H and O–H groups in total. The van der Waals surface area contributed by atoms with E-state index in [1.807, 2.05) is 4.90 Å². The van der Waals surface area contributed by atoms with E-state index in [0.717, 1.165) is 51.6 Å². The number of benzene rings is 2. The normalized spacial score (nSPS) is 20.3. The van der Waals surface area contributed by atoms with Crippen molar-refractivity contribution in [3.05, 3.63) is 70.8 Å². The van der Waals surface area contributed by atoms with Gasteiger partial charge in [-0.1, -0.05) is 24.3 Å². The maximum Gasteiger partial charge on any atom is 1.00 e. The molecule has 2 aliphatic heterocycles. The first-order chi connectivity index (χ1) is 20.1. The third-order valence-electron chi connectivity index (χ3n) is 8.34. The number of aldehydes is 1. The Labute approximate surface area is 274 Å². The molecule has 2 saturated carbocycles. The van der Waals surface area contributed by atoms with Crippen molar-refractivity contribution in [2.45, 2.75) is 43.2 Å². The second-order valence-electron chi connectivity index (χ2n) is 11.3. The molecule has 6 rings (SSSR count). The number of hydrogen-bond acceptors (Lipinski definition) is 9. The van der Waals surface area contributed by atoms with Crippen LogP contribution in [0.25, 0.3) is 0 Å². The van der Waals surface area contributed by atoms with Crippen molar-refractivity contribution in [2.24, 2.45) is 0 Å². The second-order valence-corrected chi connectivity index (χ2v) is 12.8. The van der Waals surface area contributed by atoms with Gasteiger partial charge in [0, 0.05) is 81.1 Å². The number of carbonyl (C=O) groups is 3. The average molecular weight is 621 g/mol. The van der Waals surface area contributed by atoms with Gasteiger partial charge in [0.2, 0.25) is 0 Å². The number of carbonyl (C=O) groups excluding carboxylic acids is 3. The molecule has 1 atom stereocenters. The van der Waals surface area contributed by atoms with Crippen molar-refractivity contribution in [1.29, 1.82) is 0 Å². The number of rotatable bonds is 7. The van der Waals surface area contributed by atoms with Crippen LogP contribution in [-0.4, -0.2) is 120 Å². The first kappa shape index (κ1) is 33.7. The molecule has 2 aliphatic carbocycles. The predicted molar refractivity (Wildman–Crippen MR) is 154 cm³/mol. The van der Waals surface area contributed by atoms with Crippen LogP contribution in [0.3, 0.4) is 0 Å². The molecule has 2 heterocycles. The molecular weight excluding hydrogens is 583 g/mol. The molecule has 226 valence electrons. The van der Waals surface area contributed by atoms with Gasteiger partial charge >= 0.3 is 29.6 Å². The summed E-state index contributed by atoms with van der Waals surface area (Å²) < 4.78 is 32.4. The van der Waals surface area contributed by atoms with Crippen molar-refractivity contribution >= 4 is 28.2 Å². The van der Waals surface area contributed by atoms with Gasteiger partial charge in [-0.2, -0.15) is 0 Å². The van der Waals surface area contributed by atoms with Crippen LogP contribution in [0.15, 0.2) is 48.5 Å². The van der Waals surface area contributed by atoms with Gasteiger partial charge in [0.15, 0.2) is 5.44 Å². The Morgan fingerprint density at radius 1 is 0.721 bits per heavy atom. The molecule has 0 bridgehead atoms. The molecule has 11 nitrogen and oxygen atoms in total. The van der Waals surface area contributed by atoms with Gasteiger partial charge in [0.1, 0.15) is 16.4 Å². The summed E-state index contributed by atoms with van der Waals surface area (Å²) >= 11 is 0. The van der Waals surface area contributed by atoms with Gasteiger partial charge in [-0.3, -0.25) is 24.2 Å². The Morgan fingerprint density at radius 2 is 1.09 bits per heavy atom. The zero-order valence-electron chi connectivity index (χ0n) is 24.5. The molecule has 0 radical (unpaired) electrons. The van der Waals surface area contributed by atoms with Gasteiger partial charge in [-0.25, -0.2) is 8.42 Å². The fraction of sp³-hybridized carbons (Fsp3) is 0.500. The summed E-state index contributed by atoms with van der Waals surface area (Å²) in [7, 11) is -4.81. The molecule has 2 aromatic rings. The van der Waals surface area contributed by atoms with Gasteiger partial charge in [-0.15, -0.1) is 0 Å². The van der Waals surface area contributed by atoms with Crippen LogP contribution in [0, 0.1) is 0 Å². The van der Waals surface area contributed by atoms with Crippen LogP contribution in [-0.2, 0) is 10.1 Å². The van der Waals surface area contributed by atoms with Crippen LogP contribution < -0.4 is 29.6 Å². The summed E-state index contributed by atoms with van der Waals surface area (Å²) in [5, 5.41) is 9.42. The zero-order valence-corrected chi connectivity index (χ0v) is 27.3. The first-order valence-corrected chi connectivity index (χ1v) is 16.0. The van der Waals surface area contributed by atoms with E-state index in [9.17, 15) is 32.5 Å². The maximum atomic E-state index is 12.4. The standard InChI is InChI=1S/C15H20N2O5S.C15H18N2O2.Na/c18-14(17-9-7-16(8-10-17)13-5-6-13)11-1-3-12(4-2-11)15(19)23(20,21)22;18-11-12-1-3-13(4-2-12)15(19)17-9-7-16(8-10-17)14-5-6-14;/h1-4,13,15,19H,5-10H2,(H,20,21,22);1-4,11,14H,5-10H2;/q;;+1/p-1. The second kappa shape index (κ2) is 14.7. The van der Waals surface area contributed by atoms with Gasteiger partial charge in [0.05, 0.1) is 0 Å². The minimum Gasteiger partial charge on any atom is -0.746 e. The molecular formula is C30H37N4NaO7S. The number of piperazine rings is 2. The number of aliphatic hydroxyl groups excluding tert-OH is 1. The summed E-state index contributed by atoms with van der Waals surface area (Å²) in [6.07, 6.45) is 5.94. The summed E-state index contributed by atoms with van der Waals surface area (Å²) in [6.45, 7) is 6.70. The number of amides is 2. The predicted octanol–water partition coefficient (Wildman–Crippen LogP) is -1.43. The minimum absolute atomic E-state index is 0. The molecule has 2 aromatic carbocycles. The van der Waals surface area contributed by atoms with E-state index >= 15 is 0 Å². The van der Waals surface area contributed by atoms with Gasteiger partial charge < -0.3 is 19.5 Å². The molecule has 43 heavy (non-hydrogen) atoms. The van der Waals surface area contributed by atoms with Crippen LogP contribution >= 0.6 is 0 Å². The number of aliphatic hydroxyl groups is 1. The average Bonchev–Trinajstić information content (AvgIpc) is 3.94. The van der Waals surface area contributed by atoms with Gasteiger partial charge in [0.25, 0.3) is 11.8 Å². The van der Waals surface area contributed by atoms with Crippen LogP contribution in [0.5, 0.6) is 0 Å². The summed E-state index contributed by atoms with van der Waals surface area (Å²) in [5.41, 5.74) is -0.437. The Morgan fingerprint density at radius 3 is 1.42 bits per heavy atom. The van der Waals surface area contributed by atoms with Crippen LogP contribution in [0.2, 0.25) is 0 Å². The molecule has 4 aliphatic rings. The Kier molecular flexibility index (Phi) is 11.6. The van der Waals surface area contributed by atoms with Gasteiger partial charge in [-0.05, 0) is 55.5 Å².